The van der Waals surface area contributed by atoms with E-state index in [2.05, 4.69) is 56.1 Å². The number of thioether (sulfide) groups is 3. The zero-order valence-corrected chi connectivity index (χ0v) is 33.9. The summed E-state index contributed by atoms with van der Waals surface area (Å²) >= 11 is 6.26. The second-order valence-corrected chi connectivity index (χ2v) is 16.9. The Labute approximate surface area is 303 Å². The summed E-state index contributed by atoms with van der Waals surface area (Å²) < 4.78 is 18.2. The van der Waals surface area contributed by atoms with E-state index in [1.165, 1.54) is 189 Å². The first kappa shape index (κ1) is 47.0. The van der Waals surface area contributed by atoms with Crippen LogP contribution in [0, 0.1) is 0 Å². The van der Waals surface area contributed by atoms with Crippen molar-refractivity contribution in [2.45, 2.75) is 194 Å². The van der Waals surface area contributed by atoms with Crippen molar-refractivity contribution in [2.75, 3.05) is 54.3 Å². The van der Waals surface area contributed by atoms with E-state index in [1.807, 2.05) is 0 Å². The Hall–Kier alpha value is 0.995. The minimum absolute atomic E-state index is 0.492. The summed E-state index contributed by atoms with van der Waals surface area (Å²) in [6.07, 6.45) is 36.9. The van der Waals surface area contributed by atoms with Gasteiger partial charge in [0.15, 0.2) is 0 Å². The average molecular weight is 705 g/mol. The molecule has 0 bridgehead atoms. The standard InChI is InChI=1S/C39H81BO3S3/c1-4-7-10-13-16-19-22-25-34-44-37-28-31-41-40(42-32-29-38-45-35-26-23-20-17-14-11-8-5-2)43-33-30-39-46-36-27-24-21-18-15-12-9-6-3/h4-39H2,1-3H3. The Morgan fingerprint density at radius 2 is 0.500 bits per heavy atom. The molecule has 0 aromatic rings. The summed E-state index contributed by atoms with van der Waals surface area (Å²) in [5.41, 5.74) is 0. The van der Waals surface area contributed by atoms with E-state index in [-0.39, 0.29) is 0 Å². The van der Waals surface area contributed by atoms with Crippen LogP contribution < -0.4 is 0 Å². The van der Waals surface area contributed by atoms with Gasteiger partial charge in [-0.1, -0.05) is 156 Å². The largest absolute Gasteiger partial charge is 0.639 e. The molecule has 276 valence electrons. The lowest BCUT2D eigenvalue weighted by molar-refractivity contribution is 0.0940. The summed E-state index contributed by atoms with van der Waals surface area (Å²) in [7, 11) is -0.492. The highest BCUT2D eigenvalue weighted by atomic mass is 32.2. The third kappa shape index (κ3) is 41.2. The molecule has 0 aliphatic rings. The summed E-state index contributed by atoms with van der Waals surface area (Å²) in [6.45, 7) is 9.08. The SMILES string of the molecule is CCCCCCCCCCSCCCOB(OCCCSCCCCCCCCCC)OCCCSCCCCCCCCCC. The fourth-order valence-electron chi connectivity index (χ4n) is 5.49. The van der Waals surface area contributed by atoms with Crippen LogP contribution in [-0.2, 0) is 14.0 Å². The van der Waals surface area contributed by atoms with Crippen molar-refractivity contribution in [1.29, 1.82) is 0 Å². The summed E-state index contributed by atoms with van der Waals surface area (Å²) in [4.78, 5) is 0. The summed E-state index contributed by atoms with van der Waals surface area (Å²) in [6, 6.07) is 0. The second kappa shape index (κ2) is 44.0. The van der Waals surface area contributed by atoms with Crippen LogP contribution in [0.25, 0.3) is 0 Å². The molecule has 3 nitrogen and oxygen atoms in total. The molecule has 0 saturated heterocycles. The number of rotatable bonds is 42. The number of hydrogen-bond donors (Lipinski definition) is 0. The van der Waals surface area contributed by atoms with E-state index in [9.17, 15) is 0 Å². The predicted octanol–water partition coefficient (Wildman–Crippen LogP) is 13.8. The van der Waals surface area contributed by atoms with Crippen molar-refractivity contribution in [3.63, 3.8) is 0 Å². The summed E-state index contributed by atoms with van der Waals surface area (Å²) in [5.74, 6) is 7.39. The molecule has 0 atom stereocenters. The van der Waals surface area contributed by atoms with Gasteiger partial charge in [0.2, 0.25) is 0 Å². The van der Waals surface area contributed by atoms with Gasteiger partial charge < -0.3 is 14.0 Å². The van der Waals surface area contributed by atoms with E-state index in [0.717, 1.165) is 39.1 Å². The van der Waals surface area contributed by atoms with Crippen LogP contribution in [0.15, 0.2) is 0 Å². The molecule has 7 heteroatoms. The first-order chi connectivity index (χ1) is 22.8. The maximum Gasteiger partial charge on any atom is 0.639 e. The lowest BCUT2D eigenvalue weighted by atomic mass is 10.1. The molecule has 0 aromatic carbocycles. The highest BCUT2D eigenvalue weighted by Gasteiger charge is 2.20. The molecule has 0 N–H and O–H groups in total. The third-order valence-corrected chi connectivity index (χ3v) is 12.0. The monoisotopic (exact) mass is 705 g/mol. The van der Waals surface area contributed by atoms with Crippen LogP contribution in [-0.4, -0.2) is 61.7 Å². The molecule has 0 radical (unpaired) electrons. The topological polar surface area (TPSA) is 27.7 Å². The smallest absolute Gasteiger partial charge is 0.386 e. The molecule has 0 spiro atoms. The van der Waals surface area contributed by atoms with Gasteiger partial charge in [-0.2, -0.15) is 35.3 Å². The number of unbranched alkanes of at least 4 members (excludes halogenated alkanes) is 21. The van der Waals surface area contributed by atoms with E-state index in [1.54, 1.807) is 0 Å². The first-order valence-electron chi connectivity index (χ1n) is 20.4. The van der Waals surface area contributed by atoms with E-state index >= 15 is 0 Å². The van der Waals surface area contributed by atoms with Gasteiger partial charge >= 0.3 is 7.32 Å². The zero-order valence-electron chi connectivity index (χ0n) is 31.5. The second-order valence-electron chi connectivity index (χ2n) is 13.2. The van der Waals surface area contributed by atoms with Crippen molar-refractivity contribution in [3.05, 3.63) is 0 Å². The molecule has 0 aromatic heterocycles. The molecule has 46 heavy (non-hydrogen) atoms. The highest BCUT2D eigenvalue weighted by molar-refractivity contribution is 7.99. The van der Waals surface area contributed by atoms with Gasteiger partial charge in [0.25, 0.3) is 0 Å². The van der Waals surface area contributed by atoms with Gasteiger partial charge in [-0.3, -0.25) is 0 Å². The van der Waals surface area contributed by atoms with Crippen molar-refractivity contribution < 1.29 is 14.0 Å². The lowest BCUT2D eigenvalue weighted by Gasteiger charge is -2.15. The molecule has 0 rings (SSSR count). The Morgan fingerprint density at radius 1 is 0.283 bits per heavy atom. The fraction of sp³-hybridized carbons (Fsp3) is 1.00. The molecular weight excluding hydrogens is 623 g/mol. The van der Waals surface area contributed by atoms with Crippen LogP contribution in [0.3, 0.4) is 0 Å². The van der Waals surface area contributed by atoms with Crippen molar-refractivity contribution >= 4 is 42.6 Å². The number of hydrogen-bond acceptors (Lipinski definition) is 6. The Morgan fingerprint density at radius 3 is 0.761 bits per heavy atom. The fourth-order valence-corrected chi connectivity index (χ4v) is 8.29. The van der Waals surface area contributed by atoms with Crippen molar-refractivity contribution in [3.8, 4) is 0 Å². The molecule has 0 aliphatic heterocycles. The third-order valence-electron chi connectivity index (χ3n) is 8.49. The van der Waals surface area contributed by atoms with Gasteiger partial charge in [0.1, 0.15) is 0 Å². The minimum atomic E-state index is -0.492. The van der Waals surface area contributed by atoms with E-state index < -0.39 is 7.32 Å². The predicted molar refractivity (Wildman–Crippen MR) is 217 cm³/mol. The van der Waals surface area contributed by atoms with Gasteiger partial charge in [0.05, 0.1) is 0 Å². The Balaban J connectivity index is 3.91. The van der Waals surface area contributed by atoms with E-state index in [0.29, 0.717) is 0 Å². The molecule has 0 saturated carbocycles. The summed E-state index contributed by atoms with van der Waals surface area (Å²) in [5, 5.41) is 0. The average Bonchev–Trinajstić information content (AvgIpc) is 3.07. The van der Waals surface area contributed by atoms with Crippen LogP contribution in [0.5, 0.6) is 0 Å². The van der Waals surface area contributed by atoms with Gasteiger partial charge in [0, 0.05) is 19.8 Å². The molecule has 0 aliphatic carbocycles. The van der Waals surface area contributed by atoms with Gasteiger partial charge in [-0.05, 0) is 73.0 Å². The normalized spacial score (nSPS) is 11.5. The van der Waals surface area contributed by atoms with Crippen LogP contribution in [0.2, 0.25) is 0 Å². The Bertz CT molecular complexity index is 461. The van der Waals surface area contributed by atoms with Crippen molar-refractivity contribution in [2.24, 2.45) is 0 Å². The molecule has 0 amide bonds. The molecule has 0 heterocycles. The van der Waals surface area contributed by atoms with Gasteiger partial charge in [-0.15, -0.1) is 0 Å². The Kier molecular flexibility index (Phi) is 45.0. The maximum absolute atomic E-state index is 6.08. The zero-order chi connectivity index (χ0) is 33.3. The first-order valence-corrected chi connectivity index (χ1v) is 23.9. The van der Waals surface area contributed by atoms with E-state index in [4.69, 9.17) is 14.0 Å². The van der Waals surface area contributed by atoms with Crippen LogP contribution in [0.1, 0.15) is 194 Å². The minimum Gasteiger partial charge on any atom is -0.386 e. The highest BCUT2D eigenvalue weighted by Crippen LogP contribution is 2.15. The molecular formula is C39H81BO3S3. The van der Waals surface area contributed by atoms with Crippen molar-refractivity contribution in [1.82, 2.24) is 0 Å². The van der Waals surface area contributed by atoms with Crippen LogP contribution >= 0.6 is 35.3 Å². The molecule has 0 unspecified atom stereocenters. The van der Waals surface area contributed by atoms with Crippen LogP contribution in [0.4, 0.5) is 0 Å². The lowest BCUT2D eigenvalue weighted by Crippen LogP contribution is -2.29. The quantitative estimate of drug-likeness (QED) is 0.0464. The molecule has 0 fully saturated rings. The maximum atomic E-state index is 6.08. The van der Waals surface area contributed by atoms with Gasteiger partial charge in [-0.25, -0.2) is 0 Å².